The molecule has 10 nitrogen and oxygen atoms in total. The summed E-state index contributed by atoms with van der Waals surface area (Å²) < 4.78 is 28.9. The van der Waals surface area contributed by atoms with Gasteiger partial charge in [0.05, 0.1) is 48.8 Å². The second-order valence-electron chi connectivity index (χ2n) is 8.79. The number of methoxy groups -OCH3 is 1. The number of esters is 1. The van der Waals surface area contributed by atoms with E-state index in [9.17, 15) is 14.7 Å². The first-order valence-corrected chi connectivity index (χ1v) is 11.4. The van der Waals surface area contributed by atoms with Crippen LogP contribution in [0.1, 0.15) is 35.6 Å². The number of nitrogens with zero attached hydrogens (tertiary/aromatic N) is 2. The van der Waals surface area contributed by atoms with Crippen molar-refractivity contribution >= 4 is 16.9 Å². The second kappa shape index (κ2) is 8.04. The Labute approximate surface area is 200 Å². The molecule has 1 N–H and O–H groups in total. The highest BCUT2D eigenvalue weighted by Gasteiger charge is 2.45. The van der Waals surface area contributed by atoms with Crippen molar-refractivity contribution in [2.75, 3.05) is 27.1 Å². The van der Waals surface area contributed by atoms with Crippen LogP contribution in [0.15, 0.2) is 23.0 Å². The van der Waals surface area contributed by atoms with Crippen LogP contribution in [0.25, 0.3) is 22.3 Å². The Morgan fingerprint density at radius 2 is 1.91 bits per heavy atom. The van der Waals surface area contributed by atoms with E-state index in [1.807, 2.05) is 12.1 Å². The van der Waals surface area contributed by atoms with Crippen LogP contribution < -0.4 is 15.0 Å². The number of aliphatic hydroxyl groups is 1. The molecule has 182 valence electrons. The zero-order valence-electron chi connectivity index (χ0n) is 19.4. The van der Waals surface area contributed by atoms with E-state index >= 15 is 0 Å². The van der Waals surface area contributed by atoms with E-state index in [4.69, 9.17) is 28.7 Å². The average molecular weight is 480 g/mol. The molecular weight excluding hydrogens is 456 g/mol. The molecule has 0 amide bonds. The summed E-state index contributed by atoms with van der Waals surface area (Å²) in [7, 11) is 1.61. The monoisotopic (exact) mass is 480 g/mol. The Morgan fingerprint density at radius 3 is 2.69 bits per heavy atom. The lowest BCUT2D eigenvalue weighted by atomic mass is 9.86. The number of ether oxygens (including phenoxy) is 5. The van der Waals surface area contributed by atoms with Gasteiger partial charge in [-0.3, -0.25) is 4.79 Å². The van der Waals surface area contributed by atoms with Crippen molar-refractivity contribution in [3.8, 4) is 22.9 Å². The van der Waals surface area contributed by atoms with Crippen LogP contribution in [0.3, 0.4) is 0 Å². The molecule has 0 radical (unpaired) electrons. The van der Waals surface area contributed by atoms with Gasteiger partial charge in [-0.2, -0.15) is 0 Å². The van der Waals surface area contributed by atoms with Crippen LogP contribution >= 0.6 is 0 Å². The Hall–Kier alpha value is -3.47. The van der Waals surface area contributed by atoms with Crippen molar-refractivity contribution < 1.29 is 33.6 Å². The van der Waals surface area contributed by atoms with Crippen molar-refractivity contribution in [2.45, 2.75) is 38.7 Å². The summed E-state index contributed by atoms with van der Waals surface area (Å²) in [5.74, 6) is 0.478. The number of benzene rings is 1. The molecule has 0 bridgehead atoms. The maximum Gasteiger partial charge on any atom is 0.343 e. The van der Waals surface area contributed by atoms with Gasteiger partial charge in [0.15, 0.2) is 17.1 Å². The van der Waals surface area contributed by atoms with E-state index in [0.717, 1.165) is 16.5 Å². The predicted octanol–water partition coefficient (Wildman–Crippen LogP) is 1.97. The smallest absolute Gasteiger partial charge is 0.343 e. The average Bonchev–Trinajstić information content (AvgIpc) is 3.47. The molecule has 0 saturated carbocycles. The number of aromatic nitrogens is 2. The topological polar surface area (TPSA) is 118 Å². The van der Waals surface area contributed by atoms with Gasteiger partial charge in [0.25, 0.3) is 5.56 Å². The van der Waals surface area contributed by atoms with Crippen molar-refractivity contribution in [1.29, 1.82) is 0 Å². The molecule has 1 aromatic carbocycles. The van der Waals surface area contributed by atoms with E-state index in [1.54, 1.807) is 24.7 Å². The fourth-order valence-corrected chi connectivity index (χ4v) is 5.03. The van der Waals surface area contributed by atoms with Crippen LogP contribution in [0, 0.1) is 0 Å². The standard InChI is InChI=1S/C25H24N2O8/c1-3-25(30)17-7-19-22-14(9-27(19)23(28)16(17)11-33-24(25)29)15(10-32-5-4-31-2)13-6-20-21(35-12-34-20)8-18(13)26-22/h6-8,30H,3-5,9-12H2,1-2H3/t25-/m0/s1. The first-order valence-electron chi connectivity index (χ1n) is 11.4. The van der Waals surface area contributed by atoms with Crippen molar-refractivity contribution in [3.05, 3.63) is 50.8 Å². The number of cyclic esters (lactones) is 1. The Morgan fingerprint density at radius 1 is 1.11 bits per heavy atom. The van der Waals surface area contributed by atoms with E-state index in [-0.39, 0.29) is 49.7 Å². The van der Waals surface area contributed by atoms with Gasteiger partial charge in [-0.05, 0) is 24.1 Å². The third-order valence-electron chi connectivity index (χ3n) is 6.98. The minimum atomic E-state index is -1.87. The molecule has 3 aromatic rings. The fourth-order valence-electron chi connectivity index (χ4n) is 5.03. The zero-order chi connectivity index (χ0) is 24.3. The van der Waals surface area contributed by atoms with Crippen LogP contribution in [0.2, 0.25) is 0 Å². The number of carbonyl (C=O) groups is 1. The van der Waals surface area contributed by atoms with Crippen molar-refractivity contribution in [1.82, 2.24) is 9.55 Å². The third-order valence-corrected chi connectivity index (χ3v) is 6.98. The zero-order valence-corrected chi connectivity index (χ0v) is 19.4. The Bertz CT molecular complexity index is 1450. The first-order chi connectivity index (χ1) is 17.0. The Balaban J connectivity index is 1.57. The predicted molar refractivity (Wildman–Crippen MR) is 122 cm³/mol. The highest BCUT2D eigenvalue weighted by atomic mass is 16.7. The number of hydrogen-bond acceptors (Lipinski definition) is 9. The lowest BCUT2D eigenvalue weighted by molar-refractivity contribution is -0.172. The molecule has 0 unspecified atom stereocenters. The Kier molecular flexibility index (Phi) is 5.06. The van der Waals surface area contributed by atoms with Gasteiger partial charge >= 0.3 is 5.97 Å². The summed E-state index contributed by atoms with van der Waals surface area (Å²) in [4.78, 5) is 30.8. The molecule has 2 aromatic heterocycles. The van der Waals surface area contributed by atoms with Crippen LogP contribution in [0.5, 0.6) is 11.5 Å². The summed E-state index contributed by atoms with van der Waals surface area (Å²) in [6, 6.07) is 5.41. The molecular formula is C25H24N2O8. The van der Waals surface area contributed by atoms with Crippen LogP contribution in [-0.4, -0.2) is 47.7 Å². The van der Waals surface area contributed by atoms with Gasteiger partial charge in [0.1, 0.15) is 6.61 Å². The minimum Gasteiger partial charge on any atom is -0.458 e. The van der Waals surface area contributed by atoms with E-state index in [1.165, 1.54) is 0 Å². The van der Waals surface area contributed by atoms with E-state index < -0.39 is 11.6 Å². The van der Waals surface area contributed by atoms with Gasteiger partial charge < -0.3 is 33.4 Å². The summed E-state index contributed by atoms with van der Waals surface area (Å²) in [5.41, 5.74) is 1.95. The number of pyridine rings is 2. The molecule has 6 rings (SSSR count). The summed E-state index contributed by atoms with van der Waals surface area (Å²) in [6.07, 6.45) is 0.0851. The molecule has 0 aliphatic carbocycles. The van der Waals surface area contributed by atoms with Gasteiger partial charge in [0, 0.05) is 29.7 Å². The highest BCUT2D eigenvalue weighted by molar-refractivity contribution is 5.91. The number of rotatable bonds is 6. The third kappa shape index (κ3) is 3.17. The molecule has 3 aliphatic heterocycles. The van der Waals surface area contributed by atoms with Crippen LogP contribution in [0.4, 0.5) is 0 Å². The van der Waals surface area contributed by atoms with Gasteiger partial charge in [0.2, 0.25) is 6.79 Å². The number of carbonyl (C=O) groups excluding carboxylic acids is 1. The minimum absolute atomic E-state index is 0.0851. The second-order valence-corrected chi connectivity index (χ2v) is 8.79. The quantitative estimate of drug-likeness (QED) is 0.326. The van der Waals surface area contributed by atoms with E-state index in [0.29, 0.717) is 41.6 Å². The van der Waals surface area contributed by atoms with Crippen LogP contribution in [-0.2, 0) is 44.4 Å². The van der Waals surface area contributed by atoms with Gasteiger partial charge in [-0.25, -0.2) is 9.78 Å². The molecule has 5 heterocycles. The lowest BCUT2D eigenvalue weighted by Gasteiger charge is -2.31. The van der Waals surface area contributed by atoms with Gasteiger partial charge in [-0.15, -0.1) is 0 Å². The first kappa shape index (κ1) is 22.0. The molecule has 0 fully saturated rings. The van der Waals surface area contributed by atoms with E-state index in [2.05, 4.69) is 0 Å². The molecule has 10 heteroatoms. The fraction of sp³-hybridized carbons (Fsp3) is 0.400. The molecule has 35 heavy (non-hydrogen) atoms. The summed E-state index contributed by atoms with van der Waals surface area (Å²) >= 11 is 0. The SMILES string of the molecule is CC[C@@]1(O)C(=O)OCc2c1cc1n(c2=O)Cc2c-1nc1cc3c(cc1c2COCCOC)OCO3. The molecule has 0 spiro atoms. The molecule has 0 saturated heterocycles. The number of hydrogen-bond donors (Lipinski definition) is 1. The maximum absolute atomic E-state index is 13.5. The van der Waals surface area contributed by atoms with Crippen molar-refractivity contribution in [3.63, 3.8) is 0 Å². The lowest BCUT2D eigenvalue weighted by Crippen LogP contribution is -2.44. The highest BCUT2D eigenvalue weighted by Crippen LogP contribution is 2.43. The number of fused-ring (bicyclic) bond motifs is 6. The van der Waals surface area contributed by atoms with Crippen molar-refractivity contribution in [2.24, 2.45) is 0 Å². The summed E-state index contributed by atoms with van der Waals surface area (Å²) in [5, 5.41) is 11.9. The largest absolute Gasteiger partial charge is 0.458 e. The summed E-state index contributed by atoms with van der Waals surface area (Å²) in [6.45, 7) is 3.08. The molecule has 3 aliphatic rings. The molecule has 1 atom stereocenters. The normalized spacial score (nSPS) is 19.5. The van der Waals surface area contributed by atoms with Gasteiger partial charge in [-0.1, -0.05) is 6.92 Å². The maximum atomic E-state index is 13.5.